The number of aliphatic carboxylic acids is 1. The first-order valence-corrected chi connectivity index (χ1v) is 4.66. The van der Waals surface area contributed by atoms with Crippen molar-refractivity contribution in [2.24, 2.45) is 5.11 Å². The Morgan fingerprint density at radius 3 is 2.81 bits per heavy atom. The summed E-state index contributed by atoms with van der Waals surface area (Å²) in [5.74, 6) is -1.29. The molecule has 0 aliphatic heterocycles. The Hall–Kier alpha value is -1.91. The van der Waals surface area contributed by atoms with Crippen molar-refractivity contribution < 1.29 is 15.0 Å². The van der Waals surface area contributed by atoms with Crippen molar-refractivity contribution in [1.82, 2.24) is 0 Å². The molecule has 0 radical (unpaired) electrons. The summed E-state index contributed by atoms with van der Waals surface area (Å²) in [6.07, 6.45) is 0.0272. The summed E-state index contributed by atoms with van der Waals surface area (Å²) in [6.45, 7) is 0. The van der Waals surface area contributed by atoms with Crippen LogP contribution in [0.2, 0.25) is 5.02 Å². The number of hydrogen-bond donors (Lipinski definition) is 2. The first-order valence-electron chi connectivity index (χ1n) is 4.29. The van der Waals surface area contributed by atoms with Crippen molar-refractivity contribution in [3.63, 3.8) is 0 Å². The number of carbonyl (C=O) groups is 1. The molecule has 1 aromatic rings. The van der Waals surface area contributed by atoms with Gasteiger partial charge in [-0.2, -0.15) is 0 Å². The fourth-order valence-electron chi connectivity index (χ4n) is 1.14. The average molecular weight is 242 g/mol. The largest absolute Gasteiger partial charge is 0.506 e. The maximum Gasteiger partial charge on any atom is 0.312 e. The number of nitrogens with zero attached hydrogens (tertiary/aromatic N) is 3. The Kier molecular flexibility index (Phi) is 3.99. The van der Waals surface area contributed by atoms with Gasteiger partial charge in [-0.15, -0.1) is 0 Å². The minimum Gasteiger partial charge on any atom is -0.506 e. The third-order valence-electron chi connectivity index (χ3n) is 1.92. The standard InChI is InChI=1S/C9H8ClN3O3/c10-6-3-5(1-2-8(6)14)4-7(9(15)16)12-13-11/h1-3,7,14H,4H2,(H,15,16)/t7-/m0/s1. The summed E-state index contributed by atoms with van der Waals surface area (Å²) in [5.41, 5.74) is 8.76. The van der Waals surface area contributed by atoms with Gasteiger partial charge in [0, 0.05) is 4.91 Å². The van der Waals surface area contributed by atoms with E-state index in [2.05, 4.69) is 10.0 Å². The van der Waals surface area contributed by atoms with Crippen LogP contribution in [0.15, 0.2) is 23.3 Å². The van der Waals surface area contributed by atoms with Crippen molar-refractivity contribution in [2.45, 2.75) is 12.5 Å². The van der Waals surface area contributed by atoms with E-state index in [4.69, 9.17) is 27.3 Å². The number of benzene rings is 1. The molecular weight excluding hydrogens is 234 g/mol. The van der Waals surface area contributed by atoms with Gasteiger partial charge in [0.15, 0.2) is 0 Å². The van der Waals surface area contributed by atoms with Crippen LogP contribution in [0.25, 0.3) is 10.4 Å². The van der Waals surface area contributed by atoms with E-state index in [1.807, 2.05) is 0 Å². The molecule has 2 N–H and O–H groups in total. The van der Waals surface area contributed by atoms with Gasteiger partial charge in [-0.05, 0) is 29.6 Å². The molecule has 0 aromatic heterocycles. The maximum atomic E-state index is 10.7. The van der Waals surface area contributed by atoms with Gasteiger partial charge in [0.05, 0.1) is 5.02 Å². The van der Waals surface area contributed by atoms with Gasteiger partial charge in [-0.3, -0.25) is 4.79 Å². The van der Waals surface area contributed by atoms with Gasteiger partial charge in [0.1, 0.15) is 11.8 Å². The van der Waals surface area contributed by atoms with Gasteiger partial charge in [-0.1, -0.05) is 22.8 Å². The van der Waals surface area contributed by atoms with Gasteiger partial charge >= 0.3 is 5.97 Å². The van der Waals surface area contributed by atoms with Crippen LogP contribution in [0.1, 0.15) is 5.56 Å². The number of carboxylic acid groups (broad SMARTS) is 1. The van der Waals surface area contributed by atoms with E-state index in [0.29, 0.717) is 5.56 Å². The second-order valence-corrected chi connectivity index (χ2v) is 3.46. The molecule has 84 valence electrons. The van der Waals surface area contributed by atoms with Gasteiger partial charge in [0.25, 0.3) is 0 Å². The molecule has 7 heteroatoms. The highest BCUT2D eigenvalue weighted by Crippen LogP contribution is 2.24. The van der Waals surface area contributed by atoms with Gasteiger partial charge < -0.3 is 10.2 Å². The molecule has 0 saturated heterocycles. The quantitative estimate of drug-likeness (QED) is 0.480. The second-order valence-electron chi connectivity index (χ2n) is 3.05. The second kappa shape index (κ2) is 5.25. The Balaban J connectivity index is 2.89. The molecule has 0 fully saturated rings. The molecule has 0 aliphatic rings. The third kappa shape index (κ3) is 3.05. The van der Waals surface area contributed by atoms with Crippen molar-refractivity contribution in [3.8, 4) is 5.75 Å². The van der Waals surface area contributed by atoms with E-state index in [1.54, 1.807) is 0 Å². The molecule has 0 aliphatic carbocycles. The summed E-state index contributed by atoms with van der Waals surface area (Å²) in [5, 5.41) is 21.2. The fourth-order valence-corrected chi connectivity index (χ4v) is 1.34. The normalized spacial score (nSPS) is 11.6. The zero-order valence-corrected chi connectivity index (χ0v) is 8.79. The number of azide groups is 1. The fraction of sp³-hybridized carbons (Fsp3) is 0.222. The lowest BCUT2D eigenvalue weighted by atomic mass is 10.1. The van der Waals surface area contributed by atoms with E-state index < -0.39 is 12.0 Å². The predicted molar refractivity (Wildman–Crippen MR) is 57.4 cm³/mol. The first-order chi connectivity index (χ1) is 7.54. The number of aromatic hydroxyl groups is 1. The van der Waals surface area contributed by atoms with Crippen LogP contribution in [0.4, 0.5) is 0 Å². The minimum atomic E-state index is -1.21. The smallest absolute Gasteiger partial charge is 0.312 e. The number of phenols is 1. The Labute approximate surface area is 95.7 Å². The van der Waals surface area contributed by atoms with Crippen LogP contribution in [-0.2, 0) is 11.2 Å². The van der Waals surface area contributed by atoms with E-state index in [-0.39, 0.29) is 17.2 Å². The number of rotatable bonds is 4. The van der Waals surface area contributed by atoms with Crippen LogP contribution >= 0.6 is 11.6 Å². The summed E-state index contributed by atoms with van der Waals surface area (Å²) in [6, 6.07) is 3.13. The van der Waals surface area contributed by atoms with Gasteiger partial charge in [-0.25, -0.2) is 0 Å². The molecule has 0 bridgehead atoms. The van der Waals surface area contributed by atoms with Crippen LogP contribution < -0.4 is 0 Å². The lowest BCUT2D eigenvalue weighted by molar-refractivity contribution is -0.138. The molecule has 0 saturated carbocycles. The van der Waals surface area contributed by atoms with Crippen molar-refractivity contribution in [3.05, 3.63) is 39.2 Å². The maximum absolute atomic E-state index is 10.7. The third-order valence-corrected chi connectivity index (χ3v) is 2.22. The zero-order valence-electron chi connectivity index (χ0n) is 8.04. The Morgan fingerprint density at radius 1 is 1.62 bits per heavy atom. The first kappa shape index (κ1) is 12.2. The molecule has 1 rings (SSSR count). The Morgan fingerprint density at radius 2 is 2.31 bits per heavy atom. The summed E-state index contributed by atoms with van der Waals surface area (Å²) in [7, 11) is 0. The highest BCUT2D eigenvalue weighted by Gasteiger charge is 2.16. The zero-order chi connectivity index (χ0) is 12.1. The molecular formula is C9H8ClN3O3. The van der Waals surface area contributed by atoms with Gasteiger partial charge in [0.2, 0.25) is 0 Å². The van der Waals surface area contributed by atoms with Crippen LogP contribution in [-0.4, -0.2) is 22.2 Å². The number of halogens is 1. The minimum absolute atomic E-state index is 0.0272. The van der Waals surface area contributed by atoms with Crippen molar-refractivity contribution in [2.75, 3.05) is 0 Å². The van der Waals surface area contributed by atoms with Crippen LogP contribution in [0, 0.1) is 0 Å². The van der Waals surface area contributed by atoms with E-state index in [0.717, 1.165) is 0 Å². The molecule has 0 unspecified atom stereocenters. The predicted octanol–water partition coefficient (Wildman–Crippen LogP) is 2.35. The average Bonchev–Trinajstić information content (AvgIpc) is 2.22. The lowest BCUT2D eigenvalue weighted by Crippen LogP contribution is -2.19. The molecule has 1 atom stereocenters. The van der Waals surface area contributed by atoms with E-state index in [9.17, 15) is 4.79 Å². The SMILES string of the molecule is [N-]=[N+]=N[C@@H](Cc1ccc(O)c(Cl)c1)C(=O)O. The molecule has 1 aromatic carbocycles. The highest BCUT2D eigenvalue weighted by atomic mass is 35.5. The highest BCUT2D eigenvalue weighted by molar-refractivity contribution is 6.32. The summed E-state index contributed by atoms with van der Waals surface area (Å²) < 4.78 is 0. The van der Waals surface area contributed by atoms with Crippen LogP contribution in [0.3, 0.4) is 0 Å². The van der Waals surface area contributed by atoms with Crippen molar-refractivity contribution in [1.29, 1.82) is 0 Å². The number of hydrogen-bond acceptors (Lipinski definition) is 3. The monoisotopic (exact) mass is 241 g/mol. The van der Waals surface area contributed by atoms with Crippen molar-refractivity contribution >= 4 is 17.6 Å². The molecule has 6 nitrogen and oxygen atoms in total. The number of phenolic OH excluding ortho intramolecular Hbond substituents is 1. The van der Waals surface area contributed by atoms with Crippen LogP contribution in [0.5, 0.6) is 5.75 Å². The van der Waals surface area contributed by atoms with E-state index in [1.165, 1.54) is 18.2 Å². The Bertz CT molecular complexity index is 455. The molecule has 0 spiro atoms. The molecule has 0 heterocycles. The van der Waals surface area contributed by atoms with E-state index >= 15 is 0 Å². The lowest BCUT2D eigenvalue weighted by Gasteiger charge is -2.06. The molecule has 16 heavy (non-hydrogen) atoms. The summed E-state index contributed by atoms with van der Waals surface area (Å²) in [4.78, 5) is 13.2. The molecule has 0 amide bonds. The summed E-state index contributed by atoms with van der Waals surface area (Å²) >= 11 is 5.65. The topological polar surface area (TPSA) is 106 Å². The number of carboxylic acids is 1.